The summed E-state index contributed by atoms with van der Waals surface area (Å²) in [5.74, 6) is 0.648. The van der Waals surface area contributed by atoms with Gasteiger partial charge in [-0.25, -0.2) is 0 Å². The van der Waals surface area contributed by atoms with Crippen molar-refractivity contribution in [2.45, 2.75) is 114 Å². The largest absolute Gasteiger partial charge is 0.390 e. The number of fused-ring (bicyclic) bond motifs is 7. The standard InChI is InChI=1S/C27H44O8/c1-12-5-8-26(34-11-12)13(2)19-17(35-26)10-16-14-9-18(28)27(33)23(32)21(30)20(29)22(31)25(27,4)15(14)6-7-24(16,19)3/h12-23,28-33H,5-11H2,1-4H3/t12-,13+,14-,15-,16-,17+,18-,19+,20-,21+,22-,23+,24+,25+,26-,27+/m1/s1. The van der Waals surface area contributed by atoms with Crippen molar-refractivity contribution in [1.29, 1.82) is 0 Å². The van der Waals surface area contributed by atoms with E-state index in [1.807, 2.05) is 0 Å². The van der Waals surface area contributed by atoms with Gasteiger partial charge in [-0.3, -0.25) is 0 Å². The second-order valence-corrected chi connectivity index (χ2v) is 13.6. The van der Waals surface area contributed by atoms with Gasteiger partial charge in [0, 0.05) is 17.8 Å². The molecule has 2 saturated heterocycles. The molecular weight excluding hydrogens is 452 g/mol. The van der Waals surface area contributed by atoms with Crippen molar-refractivity contribution in [3.8, 4) is 0 Å². The molecule has 0 aromatic carbocycles. The average Bonchev–Trinajstić information content (AvgIpc) is 3.27. The zero-order valence-corrected chi connectivity index (χ0v) is 21.4. The first-order valence-electron chi connectivity index (χ1n) is 13.8. The molecule has 6 fully saturated rings. The number of hydrogen-bond donors (Lipinski definition) is 6. The van der Waals surface area contributed by atoms with Crippen molar-refractivity contribution < 1.29 is 40.1 Å². The van der Waals surface area contributed by atoms with Crippen LogP contribution < -0.4 is 0 Å². The summed E-state index contributed by atoms with van der Waals surface area (Å²) in [6.07, 6.45) is -3.03. The first-order chi connectivity index (χ1) is 16.3. The van der Waals surface area contributed by atoms with Crippen molar-refractivity contribution in [3.05, 3.63) is 0 Å². The van der Waals surface area contributed by atoms with Gasteiger partial charge < -0.3 is 40.1 Å². The summed E-state index contributed by atoms with van der Waals surface area (Å²) in [7, 11) is 0. The van der Waals surface area contributed by atoms with E-state index in [9.17, 15) is 30.6 Å². The summed E-state index contributed by atoms with van der Waals surface area (Å²) in [6.45, 7) is 9.25. The molecule has 6 rings (SSSR count). The van der Waals surface area contributed by atoms with Gasteiger partial charge in [-0.2, -0.15) is 0 Å². The van der Waals surface area contributed by atoms with Gasteiger partial charge in [0.05, 0.1) is 24.9 Å². The molecule has 2 heterocycles. The number of hydrogen-bond acceptors (Lipinski definition) is 8. The van der Waals surface area contributed by atoms with Gasteiger partial charge in [-0.1, -0.05) is 27.7 Å². The van der Waals surface area contributed by atoms with Gasteiger partial charge in [0.1, 0.15) is 23.9 Å². The van der Waals surface area contributed by atoms with Gasteiger partial charge in [-0.15, -0.1) is 0 Å². The van der Waals surface area contributed by atoms with E-state index in [1.54, 1.807) is 6.92 Å². The molecule has 0 aromatic rings. The quantitative estimate of drug-likeness (QED) is 0.289. The molecule has 6 N–H and O–H groups in total. The molecule has 0 radical (unpaired) electrons. The van der Waals surface area contributed by atoms with Gasteiger partial charge >= 0.3 is 0 Å². The molecule has 0 bridgehead atoms. The Balaban J connectivity index is 1.33. The first kappa shape index (κ1) is 25.0. The Hall–Kier alpha value is -0.320. The second-order valence-electron chi connectivity index (χ2n) is 13.6. The molecule has 2 aliphatic heterocycles. The van der Waals surface area contributed by atoms with Crippen molar-refractivity contribution in [3.63, 3.8) is 0 Å². The Labute approximate surface area is 207 Å². The van der Waals surface area contributed by atoms with Crippen molar-refractivity contribution in [2.75, 3.05) is 6.61 Å². The topological polar surface area (TPSA) is 140 Å². The summed E-state index contributed by atoms with van der Waals surface area (Å²) in [5.41, 5.74) is -3.49. The van der Waals surface area contributed by atoms with Crippen molar-refractivity contribution in [2.24, 2.45) is 46.3 Å². The highest BCUT2D eigenvalue weighted by Crippen LogP contribution is 2.71. The minimum atomic E-state index is -2.10. The van der Waals surface area contributed by atoms with Gasteiger partial charge in [0.15, 0.2) is 5.79 Å². The molecule has 1 spiro atoms. The summed E-state index contributed by atoms with van der Waals surface area (Å²) in [4.78, 5) is 0. The van der Waals surface area contributed by atoms with Crippen LogP contribution in [0.5, 0.6) is 0 Å². The summed E-state index contributed by atoms with van der Waals surface area (Å²) >= 11 is 0. The molecule has 6 aliphatic rings. The second kappa shape index (κ2) is 7.63. The minimum absolute atomic E-state index is 0.00274. The maximum absolute atomic E-state index is 11.7. The van der Waals surface area contributed by atoms with Crippen molar-refractivity contribution in [1.82, 2.24) is 0 Å². The molecule has 8 heteroatoms. The zero-order chi connectivity index (χ0) is 25.3. The van der Waals surface area contributed by atoms with Crippen LogP contribution in [0.2, 0.25) is 0 Å². The van der Waals surface area contributed by atoms with E-state index in [4.69, 9.17) is 9.47 Å². The third kappa shape index (κ3) is 2.81. The fourth-order valence-electron chi connectivity index (χ4n) is 10.4. The fraction of sp³-hybridized carbons (Fsp3) is 1.00. The lowest BCUT2D eigenvalue weighted by atomic mass is 9.40. The Kier molecular flexibility index (Phi) is 5.44. The number of aliphatic hydroxyl groups excluding tert-OH is 5. The summed E-state index contributed by atoms with van der Waals surface area (Å²) < 4.78 is 13.1. The van der Waals surface area contributed by atoms with Crippen LogP contribution in [0.1, 0.15) is 66.2 Å². The van der Waals surface area contributed by atoms with Gasteiger partial charge in [0.2, 0.25) is 0 Å². The van der Waals surface area contributed by atoms with Gasteiger partial charge in [0.25, 0.3) is 0 Å². The molecule has 200 valence electrons. The predicted molar refractivity (Wildman–Crippen MR) is 125 cm³/mol. The summed E-state index contributed by atoms with van der Waals surface area (Å²) in [6, 6.07) is 0. The lowest BCUT2D eigenvalue weighted by molar-refractivity contribution is -0.350. The van der Waals surface area contributed by atoms with Crippen molar-refractivity contribution >= 4 is 0 Å². The first-order valence-corrected chi connectivity index (χ1v) is 13.8. The van der Waals surface area contributed by atoms with Crippen LogP contribution in [0, 0.1) is 46.3 Å². The maximum atomic E-state index is 11.7. The van der Waals surface area contributed by atoms with E-state index in [2.05, 4.69) is 20.8 Å². The molecule has 4 aliphatic carbocycles. The molecule has 0 unspecified atom stereocenters. The van der Waals surface area contributed by atoms with E-state index in [-0.39, 0.29) is 41.6 Å². The van der Waals surface area contributed by atoms with Crippen LogP contribution in [0.25, 0.3) is 0 Å². The zero-order valence-electron chi connectivity index (χ0n) is 21.4. The third-order valence-corrected chi connectivity index (χ3v) is 12.4. The smallest absolute Gasteiger partial charge is 0.171 e. The number of rotatable bonds is 0. The number of aliphatic hydroxyl groups is 6. The minimum Gasteiger partial charge on any atom is -0.390 e. The van der Waals surface area contributed by atoms with Crippen LogP contribution in [0.4, 0.5) is 0 Å². The van der Waals surface area contributed by atoms with Crippen LogP contribution in [-0.4, -0.2) is 85.3 Å². The maximum Gasteiger partial charge on any atom is 0.171 e. The molecule has 35 heavy (non-hydrogen) atoms. The number of ether oxygens (including phenoxy) is 2. The van der Waals surface area contributed by atoms with Crippen LogP contribution >= 0.6 is 0 Å². The highest BCUT2D eigenvalue weighted by atomic mass is 16.7. The Morgan fingerprint density at radius 1 is 0.829 bits per heavy atom. The van der Waals surface area contributed by atoms with Gasteiger partial charge in [-0.05, 0) is 67.1 Å². The predicted octanol–water partition coefficient (Wildman–Crippen LogP) is 0.792. The van der Waals surface area contributed by atoms with Crippen LogP contribution in [0.3, 0.4) is 0 Å². The molecular formula is C27H44O8. The lowest BCUT2D eigenvalue weighted by Gasteiger charge is -2.68. The molecule has 16 atom stereocenters. The SMILES string of the molecule is C[C@@H]1CC[C@@]2(OC1)O[C@H]1C[C@@H]3[C@@H]4C[C@@H](O)[C@]5(O)[C@@H](O)[C@@H](O)[C@@H](O)[C@@H](O)[C@]5(C)[C@@H]4CC[C@]3(C)[C@H]1[C@@H]2C. The Morgan fingerprint density at radius 2 is 1.51 bits per heavy atom. The van der Waals surface area contributed by atoms with E-state index in [0.29, 0.717) is 18.3 Å². The molecule has 4 saturated carbocycles. The monoisotopic (exact) mass is 496 g/mol. The van der Waals surface area contributed by atoms with E-state index in [1.165, 1.54) is 0 Å². The third-order valence-electron chi connectivity index (χ3n) is 12.4. The molecule has 8 nitrogen and oxygen atoms in total. The van der Waals surface area contributed by atoms with Crippen LogP contribution in [-0.2, 0) is 9.47 Å². The van der Waals surface area contributed by atoms with E-state index < -0.39 is 47.3 Å². The lowest BCUT2D eigenvalue weighted by Crippen LogP contribution is -2.81. The highest BCUT2D eigenvalue weighted by molar-refractivity contribution is 5.25. The fourth-order valence-corrected chi connectivity index (χ4v) is 10.4. The van der Waals surface area contributed by atoms with E-state index >= 15 is 0 Å². The Bertz CT molecular complexity index is 860. The molecule has 0 aromatic heterocycles. The average molecular weight is 497 g/mol. The normalized spacial score (nSPS) is 66.0. The molecule has 0 amide bonds. The summed E-state index contributed by atoms with van der Waals surface area (Å²) in [5, 5.41) is 66.0. The van der Waals surface area contributed by atoms with E-state index in [0.717, 1.165) is 32.3 Å². The Morgan fingerprint density at radius 3 is 2.17 bits per heavy atom. The highest BCUT2D eigenvalue weighted by Gasteiger charge is 2.76. The van der Waals surface area contributed by atoms with Crippen LogP contribution in [0.15, 0.2) is 0 Å².